The van der Waals surface area contributed by atoms with Crippen LogP contribution in [0.2, 0.25) is 0 Å². The Balaban J connectivity index is 1.98. The number of carbonyl (C=O) groups excluding carboxylic acids is 1. The van der Waals surface area contributed by atoms with Crippen LogP contribution in [-0.4, -0.2) is 37.4 Å². The third-order valence-electron chi connectivity index (χ3n) is 3.20. The molecule has 2 rings (SSSR count). The number of halogens is 1. The normalized spacial score (nSPS) is 37.7. The van der Waals surface area contributed by atoms with E-state index in [9.17, 15) is 9.18 Å². The summed E-state index contributed by atoms with van der Waals surface area (Å²) in [6.45, 7) is 1.22. The summed E-state index contributed by atoms with van der Waals surface area (Å²) in [4.78, 5) is 12.7. The number of nitrogens with zero attached hydrogens (tertiary/aromatic N) is 1. The zero-order valence-corrected chi connectivity index (χ0v) is 7.70. The van der Waals surface area contributed by atoms with Gasteiger partial charge in [0.05, 0.1) is 7.11 Å². The van der Waals surface area contributed by atoms with Crippen LogP contribution in [0.4, 0.5) is 9.18 Å². The van der Waals surface area contributed by atoms with Gasteiger partial charge < -0.3 is 9.64 Å². The second-order valence-electron chi connectivity index (χ2n) is 3.89. The standard InChI is InChI=1S/C9H14FNO2/c1-13-9(12)11-4-6-2-3-8(10)7(6)5-11/h6-8H,2-5H2,1H3. The van der Waals surface area contributed by atoms with E-state index in [0.717, 1.165) is 6.42 Å². The molecule has 2 aliphatic rings. The smallest absolute Gasteiger partial charge is 0.409 e. The lowest BCUT2D eigenvalue weighted by atomic mass is 10.0. The molecule has 3 nitrogen and oxygen atoms in total. The van der Waals surface area contributed by atoms with E-state index in [1.54, 1.807) is 4.90 Å². The fourth-order valence-electron chi connectivity index (χ4n) is 2.48. The van der Waals surface area contributed by atoms with Crippen LogP contribution in [-0.2, 0) is 4.74 Å². The minimum absolute atomic E-state index is 0.0686. The number of rotatable bonds is 0. The van der Waals surface area contributed by atoms with Gasteiger partial charge in [-0.15, -0.1) is 0 Å². The van der Waals surface area contributed by atoms with Crippen molar-refractivity contribution in [3.8, 4) is 0 Å². The van der Waals surface area contributed by atoms with Crippen LogP contribution >= 0.6 is 0 Å². The summed E-state index contributed by atoms with van der Waals surface area (Å²) < 4.78 is 17.8. The predicted octanol–water partition coefficient (Wildman–Crippen LogP) is 1.43. The Morgan fingerprint density at radius 1 is 1.46 bits per heavy atom. The molecule has 3 unspecified atom stereocenters. The van der Waals surface area contributed by atoms with Gasteiger partial charge in [0.15, 0.2) is 0 Å². The number of hydrogen-bond donors (Lipinski definition) is 0. The van der Waals surface area contributed by atoms with E-state index < -0.39 is 6.17 Å². The average molecular weight is 187 g/mol. The molecule has 0 bridgehead atoms. The van der Waals surface area contributed by atoms with Crippen molar-refractivity contribution >= 4 is 6.09 Å². The Labute approximate surface area is 76.8 Å². The summed E-state index contributed by atoms with van der Waals surface area (Å²) in [6.07, 6.45) is 0.560. The number of fused-ring (bicyclic) bond motifs is 1. The van der Waals surface area contributed by atoms with Crippen LogP contribution in [0, 0.1) is 11.8 Å². The minimum Gasteiger partial charge on any atom is -0.453 e. The summed E-state index contributed by atoms with van der Waals surface area (Å²) in [7, 11) is 1.36. The molecule has 1 saturated heterocycles. The van der Waals surface area contributed by atoms with Gasteiger partial charge in [-0.25, -0.2) is 9.18 Å². The Kier molecular flexibility index (Phi) is 2.14. The molecule has 1 heterocycles. The van der Waals surface area contributed by atoms with E-state index >= 15 is 0 Å². The molecule has 1 aliphatic carbocycles. The van der Waals surface area contributed by atoms with Gasteiger partial charge >= 0.3 is 6.09 Å². The van der Waals surface area contributed by atoms with Gasteiger partial charge in [-0.05, 0) is 18.8 Å². The Morgan fingerprint density at radius 2 is 2.23 bits per heavy atom. The number of alkyl halides is 1. The Morgan fingerprint density at radius 3 is 2.85 bits per heavy atom. The van der Waals surface area contributed by atoms with Crippen LogP contribution in [0.5, 0.6) is 0 Å². The zero-order chi connectivity index (χ0) is 9.42. The zero-order valence-electron chi connectivity index (χ0n) is 7.70. The largest absolute Gasteiger partial charge is 0.453 e. The lowest BCUT2D eigenvalue weighted by Gasteiger charge is -2.15. The molecule has 3 atom stereocenters. The number of methoxy groups -OCH3 is 1. The number of likely N-dealkylation sites (tertiary alicyclic amines) is 1. The second kappa shape index (κ2) is 3.16. The molecular formula is C9H14FNO2. The molecule has 13 heavy (non-hydrogen) atoms. The van der Waals surface area contributed by atoms with Crippen LogP contribution < -0.4 is 0 Å². The van der Waals surface area contributed by atoms with Crippen molar-refractivity contribution in [2.75, 3.05) is 20.2 Å². The maximum absolute atomic E-state index is 13.2. The van der Waals surface area contributed by atoms with Crippen molar-refractivity contribution in [2.24, 2.45) is 11.8 Å². The van der Waals surface area contributed by atoms with Crippen LogP contribution in [0.3, 0.4) is 0 Å². The van der Waals surface area contributed by atoms with Crippen LogP contribution in [0.1, 0.15) is 12.8 Å². The fraction of sp³-hybridized carbons (Fsp3) is 0.889. The summed E-state index contributed by atoms with van der Waals surface area (Å²) in [5.41, 5.74) is 0. The topological polar surface area (TPSA) is 29.5 Å². The average Bonchev–Trinajstić information content (AvgIpc) is 2.67. The van der Waals surface area contributed by atoms with E-state index in [0.29, 0.717) is 25.4 Å². The van der Waals surface area contributed by atoms with E-state index in [1.807, 2.05) is 0 Å². The Bertz CT molecular complexity index is 222. The molecule has 74 valence electrons. The highest BCUT2D eigenvalue weighted by atomic mass is 19.1. The highest BCUT2D eigenvalue weighted by Crippen LogP contribution is 2.39. The summed E-state index contributed by atoms with van der Waals surface area (Å²) >= 11 is 0. The van der Waals surface area contributed by atoms with Crippen LogP contribution in [0.25, 0.3) is 0 Å². The van der Waals surface area contributed by atoms with E-state index in [2.05, 4.69) is 4.74 Å². The molecule has 4 heteroatoms. The molecule has 0 N–H and O–H groups in total. The predicted molar refractivity (Wildman–Crippen MR) is 45.1 cm³/mol. The van der Waals surface area contributed by atoms with Crippen molar-refractivity contribution < 1.29 is 13.9 Å². The molecule has 2 fully saturated rings. The molecule has 0 aromatic carbocycles. The SMILES string of the molecule is COC(=O)N1CC2CCC(F)C2C1. The molecule has 0 aromatic heterocycles. The van der Waals surface area contributed by atoms with E-state index in [-0.39, 0.29) is 12.0 Å². The van der Waals surface area contributed by atoms with Crippen molar-refractivity contribution in [3.05, 3.63) is 0 Å². The monoisotopic (exact) mass is 187 g/mol. The lowest BCUT2D eigenvalue weighted by molar-refractivity contribution is 0.127. The number of amides is 1. The molecule has 0 aromatic rings. The lowest BCUT2D eigenvalue weighted by Crippen LogP contribution is -2.30. The molecule has 1 aliphatic heterocycles. The molecule has 0 radical (unpaired) electrons. The number of hydrogen-bond acceptors (Lipinski definition) is 2. The molecule has 1 saturated carbocycles. The van der Waals surface area contributed by atoms with Gasteiger partial charge in [0.25, 0.3) is 0 Å². The minimum atomic E-state index is -0.709. The summed E-state index contributed by atoms with van der Waals surface area (Å²) in [6, 6.07) is 0. The van der Waals surface area contributed by atoms with E-state index in [4.69, 9.17) is 0 Å². The van der Waals surface area contributed by atoms with Crippen molar-refractivity contribution in [1.82, 2.24) is 4.90 Å². The highest BCUT2D eigenvalue weighted by Gasteiger charge is 2.44. The Hall–Kier alpha value is -0.800. The van der Waals surface area contributed by atoms with Gasteiger partial charge in [0.2, 0.25) is 0 Å². The maximum atomic E-state index is 13.2. The first kappa shape index (κ1) is 8.78. The first-order valence-corrected chi connectivity index (χ1v) is 4.69. The van der Waals surface area contributed by atoms with E-state index in [1.165, 1.54) is 7.11 Å². The second-order valence-corrected chi connectivity index (χ2v) is 3.89. The first-order valence-electron chi connectivity index (χ1n) is 4.69. The third kappa shape index (κ3) is 1.38. The number of carbonyl (C=O) groups is 1. The van der Waals surface area contributed by atoms with Crippen LogP contribution in [0.15, 0.2) is 0 Å². The van der Waals surface area contributed by atoms with Crippen molar-refractivity contribution in [2.45, 2.75) is 19.0 Å². The van der Waals surface area contributed by atoms with Gasteiger partial charge in [0, 0.05) is 19.0 Å². The fourth-order valence-corrected chi connectivity index (χ4v) is 2.48. The van der Waals surface area contributed by atoms with Gasteiger partial charge in [0.1, 0.15) is 6.17 Å². The third-order valence-corrected chi connectivity index (χ3v) is 3.20. The van der Waals surface area contributed by atoms with Crippen molar-refractivity contribution in [1.29, 1.82) is 0 Å². The quantitative estimate of drug-likeness (QED) is 0.574. The summed E-state index contributed by atoms with van der Waals surface area (Å²) in [5, 5.41) is 0. The summed E-state index contributed by atoms with van der Waals surface area (Å²) in [5.74, 6) is 0.438. The number of ether oxygens (including phenoxy) is 1. The molecular weight excluding hydrogens is 173 g/mol. The highest BCUT2D eigenvalue weighted by molar-refractivity contribution is 5.67. The van der Waals surface area contributed by atoms with Crippen molar-refractivity contribution in [3.63, 3.8) is 0 Å². The van der Waals surface area contributed by atoms with Gasteiger partial charge in [-0.3, -0.25) is 0 Å². The molecule has 1 amide bonds. The maximum Gasteiger partial charge on any atom is 0.409 e. The van der Waals surface area contributed by atoms with Gasteiger partial charge in [-0.2, -0.15) is 0 Å². The molecule has 0 spiro atoms. The van der Waals surface area contributed by atoms with Gasteiger partial charge in [-0.1, -0.05) is 0 Å². The first-order chi connectivity index (χ1) is 6.22.